The Morgan fingerprint density at radius 2 is 1.72 bits per heavy atom. The molecule has 0 spiro atoms. The summed E-state index contributed by atoms with van der Waals surface area (Å²) in [6, 6.07) is 11.6. The molecular weight excluding hydrogens is 510 g/mol. The quantitative estimate of drug-likeness (QED) is 0.447. The van der Waals surface area contributed by atoms with Gasteiger partial charge in [-0.1, -0.05) is 23.5 Å². The highest BCUT2D eigenvalue weighted by Crippen LogP contribution is 2.28. The van der Waals surface area contributed by atoms with Crippen LogP contribution in [0.15, 0.2) is 47.5 Å². The number of hydrogen-bond acceptors (Lipinski definition) is 5. The number of halogens is 6. The molecule has 4 rings (SSSR count). The maximum Gasteiger partial charge on any atom is 0.573 e. The number of amides is 1. The van der Waals surface area contributed by atoms with Crippen LogP contribution in [0.3, 0.4) is 0 Å². The van der Waals surface area contributed by atoms with E-state index in [9.17, 15) is 31.1 Å². The molecule has 0 N–H and O–H groups in total. The van der Waals surface area contributed by atoms with E-state index in [0.717, 1.165) is 36.5 Å². The number of ether oxygens (including phenoxy) is 1. The van der Waals surface area contributed by atoms with E-state index in [4.69, 9.17) is 0 Å². The van der Waals surface area contributed by atoms with E-state index in [2.05, 4.69) is 25.6 Å². The first-order valence-corrected chi connectivity index (χ1v) is 11.8. The molecule has 2 heterocycles. The minimum absolute atomic E-state index is 0.202. The second-order valence-corrected chi connectivity index (χ2v) is 9.31. The van der Waals surface area contributed by atoms with Crippen molar-refractivity contribution in [2.24, 2.45) is 4.99 Å². The number of alkyl halides is 6. The summed E-state index contributed by atoms with van der Waals surface area (Å²) in [4.78, 5) is 18.9. The van der Waals surface area contributed by atoms with Crippen LogP contribution in [0, 0.1) is 6.92 Å². The SMILES string of the molecule is Cc1cccc(N2CCN(CCn3c(=NC(=O)C(F)(F)F)sc4cc(OC(F)(F)F)ccc43)CC2)c1. The van der Waals surface area contributed by atoms with Gasteiger partial charge >= 0.3 is 18.4 Å². The summed E-state index contributed by atoms with van der Waals surface area (Å²) in [6.07, 6.45) is -10.1. The van der Waals surface area contributed by atoms with Crippen molar-refractivity contribution >= 4 is 33.1 Å². The second-order valence-electron chi connectivity index (χ2n) is 8.30. The summed E-state index contributed by atoms with van der Waals surface area (Å²) >= 11 is 0.695. The van der Waals surface area contributed by atoms with E-state index in [1.165, 1.54) is 10.6 Å². The normalized spacial score (nSPS) is 16.1. The highest BCUT2D eigenvalue weighted by Gasteiger charge is 2.39. The molecule has 2 aromatic carbocycles. The van der Waals surface area contributed by atoms with E-state index in [0.29, 0.717) is 36.5 Å². The fraction of sp³-hybridized carbons (Fsp3) is 0.391. The lowest BCUT2D eigenvalue weighted by Gasteiger charge is -2.36. The highest BCUT2D eigenvalue weighted by molar-refractivity contribution is 7.16. The molecular formula is C23H22F6N4O2S. The van der Waals surface area contributed by atoms with Crippen molar-refractivity contribution in [3.63, 3.8) is 0 Å². The Balaban J connectivity index is 1.54. The van der Waals surface area contributed by atoms with Crippen molar-refractivity contribution in [2.75, 3.05) is 37.6 Å². The number of aryl methyl sites for hydroxylation is 1. The summed E-state index contributed by atoms with van der Waals surface area (Å²) in [5.74, 6) is -2.79. The molecule has 0 bridgehead atoms. The van der Waals surface area contributed by atoms with Gasteiger partial charge in [0.25, 0.3) is 0 Å². The Kier molecular flexibility index (Phi) is 7.32. The number of benzene rings is 2. The Morgan fingerprint density at radius 1 is 1.00 bits per heavy atom. The van der Waals surface area contributed by atoms with Gasteiger partial charge in [0.15, 0.2) is 4.80 Å². The van der Waals surface area contributed by atoms with Crippen LogP contribution < -0.4 is 14.4 Å². The third-order valence-electron chi connectivity index (χ3n) is 5.71. The molecule has 13 heteroatoms. The van der Waals surface area contributed by atoms with Crippen molar-refractivity contribution in [3.05, 3.63) is 52.8 Å². The van der Waals surface area contributed by atoms with Crippen molar-refractivity contribution in [2.45, 2.75) is 26.0 Å². The summed E-state index contributed by atoms with van der Waals surface area (Å²) in [5, 5.41) is 0. The van der Waals surface area contributed by atoms with E-state index < -0.39 is 24.2 Å². The van der Waals surface area contributed by atoms with Gasteiger partial charge in [-0.05, 0) is 42.8 Å². The van der Waals surface area contributed by atoms with Gasteiger partial charge in [-0.15, -0.1) is 13.2 Å². The zero-order valence-electron chi connectivity index (χ0n) is 19.1. The number of fused-ring (bicyclic) bond motifs is 1. The molecule has 1 aromatic heterocycles. The molecule has 0 unspecified atom stereocenters. The molecule has 0 aliphatic carbocycles. The monoisotopic (exact) mass is 532 g/mol. The first kappa shape index (κ1) is 26.0. The average molecular weight is 533 g/mol. The van der Waals surface area contributed by atoms with Crippen molar-refractivity contribution in [3.8, 4) is 5.75 Å². The molecule has 1 fully saturated rings. The zero-order chi connectivity index (χ0) is 26.1. The van der Waals surface area contributed by atoms with Gasteiger partial charge in [0.1, 0.15) is 5.75 Å². The zero-order valence-corrected chi connectivity index (χ0v) is 19.9. The van der Waals surface area contributed by atoms with Gasteiger partial charge in [-0.3, -0.25) is 9.69 Å². The molecule has 0 saturated carbocycles. The Labute approximate surface area is 206 Å². The Morgan fingerprint density at radius 3 is 2.36 bits per heavy atom. The van der Waals surface area contributed by atoms with Gasteiger partial charge < -0.3 is 14.2 Å². The number of anilines is 1. The molecule has 1 aliphatic heterocycles. The van der Waals surface area contributed by atoms with Gasteiger partial charge in [0.2, 0.25) is 0 Å². The Bertz CT molecular complexity index is 1310. The third-order valence-corrected chi connectivity index (χ3v) is 6.75. The molecule has 36 heavy (non-hydrogen) atoms. The van der Waals surface area contributed by atoms with Crippen LogP contribution in [0.2, 0.25) is 0 Å². The summed E-state index contributed by atoms with van der Waals surface area (Å²) in [7, 11) is 0. The second kappa shape index (κ2) is 10.1. The van der Waals surface area contributed by atoms with E-state index >= 15 is 0 Å². The smallest absolute Gasteiger partial charge is 0.406 e. The molecule has 0 atom stereocenters. The Hall–Kier alpha value is -3.06. The number of thiazole rings is 1. The molecule has 6 nitrogen and oxygen atoms in total. The number of aromatic nitrogens is 1. The lowest BCUT2D eigenvalue weighted by molar-refractivity contribution is -0.274. The van der Waals surface area contributed by atoms with Crippen LogP contribution in [0.5, 0.6) is 5.75 Å². The van der Waals surface area contributed by atoms with E-state index in [1.54, 1.807) is 0 Å². The van der Waals surface area contributed by atoms with Crippen molar-refractivity contribution in [1.82, 2.24) is 9.47 Å². The van der Waals surface area contributed by atoms with Gasteiger partial charge in [0, 0.05) is 45.0 Å². The maximum atomic E-state index is 12.8. The largest absolute Gasteiger partial charge is 0.573 e. The van der Waals surface area contributed by atoms with Gasteiger partial charge in [0.05, 0.1) is 10.2 Å². The van der Waals surface area contributed by atoms with Crippen LogP contribution in [0.4, 0.5) is 32.0 Å². The van der Waals surface area contributed by atoms with Crippen LogP contribution >= 0.6 is 11.3 Å². The standard InChI is InChI=1S/C23H22F6N4O2S/c1-15-3-2-4-16(13-15)32-10-7-31(8-11-32)9-12-33-18-6-5-17(35-23(27,28)29)14-19(18)36-21(33)30-20(34)22(24,25)26/h2-6,13-14H,7-12H2,1H3. The number of piperazine rings is 1. The molecule has 194 valence electrons. The molecule has 3 aromatic rings. The number of carbonyl (C=O) groups excluding carboxylic acids is 1. The minimum Gasteiger partial charge on any atom is -0.406 e. The van der Waals surface area contributed by atoms with Crippen LogP contribution in [-0.4, -0.2) is 60.6 Å². The van der Waals surface area contributed by atoms with Crippen molar-refractivity contribution < 1.29 is 35.9 Å². The lowest BCUT2D eigenvalue weighted by atomic mass is 10.2. The van der Waals surface area contributed by atoms with E-state index in [1.807, 2.05) is 25.1 Å². The third kappa shape index (κ3) is 6.38. The minimum atomic E-state index is -5.16. The molecule has 1 amide bonds. The number of nitrogens with zero attached hydrogens (tertiary/aromatic N) is 4. The van der Waals surface area contributed by atoms with Gasteiger partial charge in [-0.25, -0.2) is 0 Å². The van der Waals surface area contributed by atoms with Crippen molar-refractivity contribution in [1.29, 1.82) is 0 Å². The maximum absolute atomic E-state index is 12.8. The van der Waals surface area contributed by atoms with Crippen LogP contribution in [0.1, 0.15) is 5.56 Å². The summed E-state index contributed by atoms with van der Waals surface area (Å²) in [5.41, 5.74) is 2.64. The summed E-state index contributed by atoms with van der Waals surface area (Å²) < 4.78 is 81.9. The summed E-state index contributed by atoms with van der Waals surface area (Å²) in [6.45, 7) is 5.64. The molecule has 1 aliphatic rings. The lowest BCUT2D eigenvalue weighted by Crippen LogP contribution is -2.47. The molecule has 0 radical (unpaired) electrons. The van der Waals surface area contributed by atoms with E-state index in [-0.39, 0.29) is 16.0 Å². The van der Waals surface area contributed by atoms with Crippen LogP contribution in [0.25, 0.3) is 10.2 Å². The topological polar surface area (TPSA) is 50.1 Å². The number of carbonyl (C=O) groups is 1. The first-order chi connectivity index (χ1) is 16.9. The highest BCUT2D eigenvalue weighted by atomic mass is 32.1. The fourth-order valence-corrected chi connectivity index (χ4v) is 5.08. The molecule has 1 saturated heterocycles. The predicted octanol–water partition coefficient (Wildman–Crippen LogP) is 4.72. The number of rotatable bonds is 5. The average Bonchev–Trinajstić information content (AvgIpc) is 3.12. The van der Waals surface area contributed by atoms with Crippen LogP contribution in [-0.2, 0) is 11.3 Å². The number of hydrogen-bond donors (Lipinski definition) is 0. The predicted molar refractivity (Wildman–Crippen MR) is 123 cm³/mol. The first-order valence-electron chi connectivity index (χ1n) is 11.0. The van der Waals surface area contributed by atoms with Gasteiger partial charge in [-0.2, -0.15) is 18.2 Å². The fourth-order valence-electron chi connectivity index (χ4n) is 4.00.